The Morgan fingerprint density at radius 2 is 0.956 bits per heavy atom. The summed E-state index contributed by atoms with van der Waals surface area (Å²) >= 11 is -0.380. The van der Waals surface area contributed by atoms with Crippen LogP contribution in [0.3, 0.4) is 0 Å². The Bertz CT molecular complexity index is 2530. The van der Waals surface area contributed by atoms with E-state index in [9.17, 15) is 43.5 Å². The summed E-state index contributed by atoms with van der Waals surface area (Å²) < 4.78 is 130. The van der Waals surface area contributed by atoms with E-state index in [-0.39, 0.29) is 260 Å². The van der Waals surface area contributed by atoms with Gasteiger partial charge in [0.25, 0.3) is 0 Å². The monoisotopic (exact) mass is 1070 g/mol. The van der Waals surface area contributed by atoms with Crippen molar-refractivity contribution >= 4 is 102 Å². The molecule has 0 spiro atoms. The summed E-state index contributed by atoms with van der Waals surface area (Å²) in [6, 6.07) is 7.96. The zero-order valence-corrected chi connectivity index (χ0v) is 48.3. The van der Waals surface area contributed by atoms with Crippen molar-refractivity contribution in [2.75, 3.05) is 109 Å². The van der Waals surface area contributed by atoms with E-state index in [4.69, 9.17) is 24.6 Å². The molecule has 0 saturated heterocycles. The van der Waals surface area contributed by atoms with Crippen LogP contribution < -0.4 is 155 Å². The maximum absolute atomic E-state index is 12.5. The molecule has 2 aromatic carbocycles. The quantitative estimate of drug-likeness (QED) is 0.00457. The SMILES string of the molecule is O=S(=O)([O-])CCNc1nc(NCCOCCO)nc(Nc2ccc(C=Cc3ccc(Nc4nc(NCCOCCO)nc(NCCS(=O)(=O)[O-])n4)cc3S(=O)(=O)[O-])c(OOS[O-])c2)n1.[Na+].[Na+].[Na+].[Na+]. The first kappa shape index (κ1) is 66.6. The number of nitrogens with one attached hydrogen (secondary N) is 6. The fourth-order valence-electron chi connectivity index (χ4n) is 4.84. The third-order valence-corrected chi connectivity index (χ3v) is 9.90. The largest absolute Gasteiger partial charge is 1.00 e. The second-order valence-electron chi connectivity index (χ2n) is 12.3. The van der Waals surface area contributed by atoms with Crippen molar-refractivity contribution in [1.82, 2.24) is 29.9 Å². The standard InChI is InChI=1S/C32H44N12O16S4.4Na/c45-11-15-57-13-7-33-27-39-29(35-9-17-62(48,49)50)43-31(41-27)37-23-5-3-21(25(19-23)59-60-61-47)1-2-22-4-6-24(20-26(22)64(54,55)56)38-32-42-28(34-8-14-58-16-12-46)40-30(44-32)36-10-18-63(51,52)53;;;;/h1-6,19-20,45-47H,7-18H2,(H,48,49,50)(H,51,52,53)(H,54,55,56)(H3,33,35,37,39,41,43)(H3,34,36,38,40,42,44);;;;/q;4*+1/p-4. The van der Waals surface area contributed by atoms with Crippen LogP contribution in [0, 0.1) is 0 Å². The van der Waals surface area contributed by atoms with Gasteiger partial charge in [-0.15, -0.1) is 4.33 Å². The number of anilines is 8. The first-order valence-electron chi connectivity index (χ1n) is 18.3. The van der Waals surface area contributed by atoms with E-state index in [0.717, 1.165) is 6.07 Å². The molecule has 36 heteroatoms. The minimum absolute atomic E-state index is 0. The molecular weight excluding hydrogens is 1030 g/mol. The first-order chi connectivity index (χ1) is 30.4. The molecule has 8 N–H and O–H groups in total. The van der Waals surface area contributed by atoms with Crippen molar-refractivity contribution in [2.24, 2.45) is 0 Å². The fraction of sp³-hybridized carbons (Fsp3) is 0.375. The predicted octanol–water partition coefficient (Wildman–Crippen LogP) is -12.5. The van der Waals surface area contributed by atoms with Gasteiger partial charge in [-0.1, -0.05) is 18.2 Å². The molecule has 0 bridgehead atoms. The Morgan fingerprint density at radius 1 is 0.559 bits per heavy atom. The van der Waals surface area contributed by atoms with E-state index < -0.39 is 46.8 Å². The summed E-state index contributed by atoms with van der Waals surface area (Å²) in [4.78, 5) is 29.4. The molecule has 0 atom stereocenters. The molecule has 0 aliphatic heterocycles. The van der Waals surface area contributed by atoms with E-state index in [2.05, 4.69) is 66.1 Å². The summed E-state index contributed by atoms with van der Waals surface area (Å²) in [5, 5.41) is 34.4. The van der Waals surface area contributed by atoms with Crippen LogP contribution in [0.5, 0.6) is 5.75 Å². The van der Waals surface area contributed by atoms with Crippen molar-refractivity contribution in [1.29, 1.82) is 0 Å². The van der Waals surface area contributed by atoms with Crippen LogP contribution in [-0.4, -0.2) is 161 Å². The molecule has 352 valence electrons. The number of aromatic nitrogens is 6. The molecule has 4 aromatic rings. The molecule has 0 saturated carbocycles. The molecule has 2 heterocycles. The minimum Gasteiger partial charge on any atom is -0.773 e. The zero-order chi connectivity index (χ0) is 46.6. The molecule has 0 fully saturated rings. The van der Waals surface area contributed by atoms with Crippen LogP contribution in [0.2, 0.25) is 0 Å². The van der Waals surface area contributed by atoms with E-state index >= 15 is 0 Å². The molecule has 68 heavy (non-hydrogen) atoms. The van der Waals surface area contributed by atoms with Crippen molar-refractivity contribution in [3.63, 3.8) is 0 Å². The normalized spacial score (nSPS) is 11.3. The van der Waals surface area contributed by atoms with Gasteiger partial charge in [0.05, 0.1) is 76.3 Å². The van der Waals surface area contributed by atoms with Gasteiger partial charge in [-0.3, -0.25) is 0 Å². The van der Waals surface area contributed by atoms with Gasteiger partial charge in [-0.05, 0) is 42.2 Å². The number of hydrogen-bond acceptors (Lipinski definition) is 29. The van der Waals surface area contributed by atoms with Crippen LogP contribution in [-0.2, 0) is 44.2 Å². The maximum atomic E-state index is 12.5. The summed E-state index contributed by atoms with van der Waals surface area (Å²) in [7, 11) is -14.3. The molecule has 0 aliphatic rings. The Morgan fingerprint density at radius 3 is 1.37 bits per heavy atom. The number of benzene rings is 2. The van der Waals surface area contributed by atoms with Crippen molar-refractivity contribution in [2.45, 2.75) is 4.90 Å². The van der Waals surface area contributed by atoms with Crippen molar-refractivity contribution in [3.8, 4) is 5.75 Å². The average molecular weight is 1070 g/mol. The minimum atomic E-state index is -5.15. The summed E-state index contributed by atoms with van der Waals surface area (Å²) in [6.45, 7) is -0.248. The maximum Gasteiger partial charge on any atom is 1.00 e. The Kier molecular flexibility index (Phi) is 33.4. The molecule has 0 aliphatic carbocycles. The van der Waals surface area contributed by atoms with E-state index in [0.29, 0.717) is 0 Å². The van der Waals surface area contributed by atoms with Gasteiger partial charge >= 0.3 is 118 Å². The van der Waals surface area contributed by atoms with E-state index in [1.54, 1.807) is 0 Å². The molecule has 0 amide bonds. The molecule has 0 radical (unpaired) electrons. The molecule has 4 rings (SSSR count). The van der Waals surface area contributed by atoms with Crippen LogP contribution in [0.25, 0.3) is 12.2 Å². The summed E-state index contributed by atoms with van der Waals surface area (Å²) in [5.74, 6) is -2.26. The van der Waals surface area contributed by atoms with Crippen molar-refractivity contribution < 1.29 is 191 Å². The van der Waals surface area contributed by atoms with Gasteiger partial charge in [0.2, 0.25) is 35.7 Å². The van der Waals surface area contributed by atoms with Gasteiger partial charge in [0.15, 0.2) is 5.75 Å². The first-order valence-corrected chi connectivity index (χ1v) is 23.5. The molecule has 2 aromatic heterocycles. The number of aliphatic hydroxyl groups excluding tert-OH is 2. The number of aliphatic hydroxyl groups is 2. The number of ether oxygens (including phenoxy) is 2. The van der Waals surface area contributed by atoms with Gasteiger partial charge in [0, 0.05) is 49.2 Å². The third-order valence-electron chi connectivity index (χ3n) is 7.47. The second-order valence-corrected chi connectivity index (χ2v) is 16.9. The predicted molar refractivity (Wildman–Crippen MR) is 225 cm³/mol. The van der Waals surface area contributed by atoms with Crippen LogP contribution in [0.4, 0.5) is 47.1 Å². The fourth-order valence-corrected chi connectivity index (χ4v) is 6.34. The van der Waals surface area contributed by atoms with Gasteiger partial charge < -0.3 is 74.7 Å². The molecule has 28 nitrogen and oxygen atoms in total. The Balaban J connectivity index is 0.0000112. The Hall–Kier alpha value is -1.36. The molecular formula is C32H40N12Na4O16S4. The van der Waals surface area contributed by atoms with Crippen LogP contribution in [0.15, 0.2) is 41.3 Å². The van der Waals surface area contributed by atoms with Crippen LogP contribution >= 0.6 is 12.3 Å². The third kappa shape index (κ3) is 26.4. The second kappa shape index (κ2) is 34.1. The number of hydrogen-bond donors (Lipinski definition) is 8. The van der Waals surface area contributed by atoms with Crippen molar-refractivity contribution in [3.05, 3.63) is 47.5 Å². The Labute approximate surface area is 483 Å². The van der Waals surface area contributed by atoms with Gasteiger partial charge in [-0.25, -0.2) is 25.3 Å². The molecule has 0 unspecified atom stereocenters. The number of rotatable bonds is 30. The van der Waals surface area contributed by atoms with E-state index in [1.165, 1.54) is 42.5 Å². The summed E-state index contributed by atoms with van der Waals surface area (Å²) in [6.07, 6.45) is 2.61. The van der Waals surface area contributed by atoms with Gasteiger partial charge in [0.1, 0.15) is 10.1 Å². The van der Waals surface area contributed by atoms with Gasteiger partial charge in [-0.2, -0.15) is 29.9 Å². The van der Waals surface area contributed by atoms with Crippen LogP contribution in [0.1, 0.15) is 11.1 Å². The average Bonchev–Trinajstić information content (AvgIpc) is 3.21. The number of nitrogens with zero attached hydrogens (tertiary/aromatic N) is 6. The zero-order valence-electron chi connectivity index (χ0n) is 37.0. The topological polar surface area (TPSA) is 422 Å². The smallest absolute Gasteiger partial charge is 0.773 e. The summed E-state index contributed by atoms with van der Waals surface area (Å²) in [5.41, 5.74) is 0.368. The van der Waals surface area contributed by atoms with E-state index in [1.807, 2.05) is 0 Å².